The molecule has 7 heteroatoms. The van der Waals surface area contributed by atoms with Crippen molar-refractivity contribution in [1.82, 2.24) is 15.2 Å². The number of benzene rings is 1. The van der Waals surface area contributed by atoms with E-state index in [1.807, 2.05) is 29.6 Å². The Morgan fingerprint density at radius 2 is 2.10 bits per heavy atom. The minimum absolute atomic E-state index is 0.117. The lowest BCUT2D eigenvalue weighted by atomic mass is 9.88. The number of halogens is 2. The van der Waals surface area contributed by atoms with Gasteiger partial charge in [0, 0.05) is 24.8 Å². The summed E-state index contributed by atoms with van der Waals surface area (Å²) in [5.74, 6) is -1.61. The average Bonchev–Trinajstić information content (AvgIpc) is 3.31. The molecule has 1 aliphatic rings. The molecule has 2 unspecified atom stereocenters. The van der Waals surface area contributed by atoms with Gasteiger partial charge in [-0.2, -0.15) is 0 Å². The Bertz CT molecular complexity index is 981. The number of hydrogen-bond donors (Lipinski definition) is 1. The van der Waals surface area contributed by atoms with Gasteiger partial charge in [-0.3, -0.25) is 14.7 Å². The molecule has 1 aliphatic heterocycles. The van der Waals surface area contributed by atoms with Crippen molar-refractivity contribution in [3.63, 3.8) is 0 Å². The second-order valence-electron chi connectivity index (χ2n) is 7.53. The van der Waals surface area contributed by atoms with Gasteiger partial charge >= 0.3 is 0 Å². The lowest BCUT2D eigenvalue weighted by Gasteiger charge is -2.37. The summed E-state index contributed by atoms with van der Waals surface area (Å²) in [5, 5.41) is 5.03. The first-order valence-corrected chi connectivity index (χ1v) is 10.9. The van der Waals surface area contributed by atoms with Gasteiger partial charge in [-0.25, -0.2) is 8.78 Å². The zero-order valence-electron chi connectivity index (χ0n) is 16.4. The van der Waals surface area contributed by atoms with Gasteiger partial charge in [0.15, 0.2) is 11.6 Å². The van der Waals surface area contributed by atoms with Gasteiger partial charge in [-0.15, -0.1) is 11.3 Å². The highest BCUT2D eigenvalue weighted by atomic mass is 32.1. The van der Waals surface area contributed by atoms with Crippen LogP contribution in [0.1, 0.15) is 39.8 Å². The van der Waals surface area contributed by atoms with Crippen molar-refractivity contribution >= 4 is 17.2 Å². The van der Waals surface area contributed by atoms with E-state index in [0.29, 0.717) is 23.5 Å². The molecule has 4 nitrogen and oxygen atoms in total. The molecule has 1 saturated heterocycles. The largest absolute Gasteiger partial charge is 0.343 e. The van der Waals surface area contributed by atoms with Crippen molar-refractivity contribution in [3.05, 3.63) is 87.9 Å². The molecule has 2 aromatic heterocycles. The molecule has 3 aromatic rings. The molecule has 3 heterocycles. The summed E-state index contributed by atoms with van der Waals surface area (Å²) in [7, 11) is 0. The number of hydrogen-bond acceptors (Lipinski definition) is 4. The van der Waals surface area contributed by atoms with Crippen LogP contribution in [0, 0.1) is 17.6 Å². The van der Waals surface area contributed by atoms with Crippen molar-refractivity contribution < 1.29 is 13.6 Å². The number of pyridine rings is 1. The molecular formula is C23H23F2N3OS. The Labute approximate surface area is 178 Å². The fourth-order valence-electron chi connectivity index (χ4n) is 4.03. The van der Waals surface area contributed by atoms with Crippen LogP contribution >= 0.6 is 11.3 Å². The standard InChI is InChI=1S/C23H23F2N3OS/c24-18-8-3-6-16(21(18)25)14-28-12-4-7-17(15-28)22(19-9-1-2-11-26-19)27-23(29)20-10-5-13-30-20/h1-3,5-6,8-11,13,17,22H,4,7,12,14-15H2,(H,27,29). The van der Waals surface area contributed by atoms with Gasteiger partial charge in [0.05, 0.1) is 16.6 Å². The summed E-state index contributed by atoms with van der Waals surface area (Å²) in [5.41, 5.74) is 1.17. The van der Waals surface area contributed by atoms with E-state index in [0.717, 1.165) is 31.1 Å². The highest BCUT2D eigenvalue weighted by Gasteiger charge is 2.31. The molecule has 0 saturated carbocycles. The average molecular weight is 428 g/mol. The van der Waals surface area contributed by atoms with Crippen molar-refractivity contribution in [1.29, 1.82) is 0 Å². The van der Waals surface area contributed by atoms with Crippen LogP contribution in [0.2, 0.25) is 0 Å². The molecule has 1 amide bonds. The third kappa shape index (κ3) is 4.74. The molecule has 0 aliphatic carbocycles. The number of nitrogens with one attached hydrogen (secondary N) is 1. The second-order valence-corrected chi connectivity index (χ2v) is 8.48. The van der Waals surface area contributed by atoms with Gasteiger partial charge in [0.1, 0.15) is 0 Å². The summed E-state index contributed by atoms with van der Waals surface area (Å²) in [6, 6.07) is 13.4. The zero-order chi connectivity index (χ0) is 20.9. The maximum absolute atomic E-state index is 14.1. The number of thiophene rings is 1. The lowest BCUT2D eigenvalue weighted by molar-refractivity contribution is 0.0878. The summed E-state index contributed by atoms with van der Waals surface area (Å²) in [6.45, 7) is 1.82. The summed E-state index contributed by atoms with van der Waals surface area (Å²) >= 11 is 1.40. The molecular weight excluding hydrogens is 404 g/mol. The molecule has 30 heavy (non-hydrogen) atoms. The predicted molar refractivity (Wildman–Crippen MR) is 113 cm³/mol. The van der Waals surface area contributed by atoms with E-state index in [1.54, 1.807) is 18.3 Å². The van der Waals surface area contributed by atoms with Crippen molar-refractivity contribution in [2.75, 3.05) is 13.1 Å². The number of piperidine rings is 1. The number of carbonyl (C=O) groups excluding carboxylic acids is 1. The quantitative estimate of drug-likeness (QED) is 0.614. The van der Waals surface area contributed by atoms with Crippen LogP contribution in [-0.2, 0) is 6.54 Å². The Balaban J connectivity index is 1.52. The number of nitrogens with zero attached hydrogens (tertiary/aromatic N) is 2. The van der Waals surface area contributed by atoms with E-state index in [-0.39, 0.29) is 17.9 Å². The van der Waals surface area contributed by atoms with E-state index in [4.69, 9.17) is 0 Å². The number of rotatable bonds is 6. The molecule has 0 bridgehead atoms. The molecule has 4 rings (SSSR count). The second kappa shape index (κ2) is 9.45. The summed E-state index contributed by atoms with van der Waals surface area (Å²) in [4.78, 5) is 20.0. The van der Waals surface area contributed by atoms with Crippen LogP contribution in [-0.4, -0.2) is 28.9 Å². The molecule has 1 N–H and O–H groups in total. The Morgan fingerprint density at radius 3 is 2.87 bits per heavy atom. The van der Waals surface area contributed by atoms with Crippen LogP contribution in [0.25, 0.3) is 0 Å². The van der Waals surface area contributed by atoms with Crippen LogP contribution in [0.15, 0.2) is 60.1 Å². The van der Waals surface area contributed by atoms with Crippen molar-refractivity contribution in [2.24, 2.45) is 5.92 Å². The first-order valence-electron chi connectivity index (χ1n) is 10.0. The Morgan fingerprint density at radius 1 is 1.20 bits per heavy atom. The maximum atomic E-state index is 14.1. The molecule has 1 fully saturated rings. The topological polar surface area (TPSA) is 45.2 Å². The first kappa shape index (κ1) is 20.6. The van der Waals surface area contributed by atoms with Gasteiger partial charge in [0.2, 0.25) is 0 Å². The molecule has 156 valence electrons. The molecule has 1 aromatic carbocycles. The maximum Gasteiger partial charge on any atom is 0.261 e. The number of amides is 1. The molecule has 0 radical (unpaired) electrons. The van der Waals surface area contributed by atoms with Crippen molar-refractivity contribution in [2.45, 2.75) is 25.4 Å². The van der Waals surface area contributed by atoms with Gasteiger partial charge in [-0.05, 0) is 54.9 Å². The fourth-order valence-corrected chi connectivity index (χ4v) is 4.66. The minimum atomic E-state index is -0.823. The third-order valence-corrected chi connectivity index (χ3v) is 6.35. The highest BCUT2D eigenvalue weighted by Crippen LogP contribution is 2.30. The van der Waals surface area contributed by atoms with Gasteiger partial charge in [0.25, 0.3) is 5.91 Å². The first-order chi connectivity index (χ1) is 14.6. The highest BCUT2D eigenvalue weighted by molar-refractivity contribution is 7.12. The van der Waals surface area contributed by atoms with Crippen LogP contribution in [0.3, 0.4) is 0 Å². The number of likely N-dealkylation sites (tertiary alicyclic amines) is 1. The molecule has 2 atom stereocenters. The SMILES string of the molecule is O=C(NC(c1ccccn1)C1CCCN(Cc2cccc(F)c2F)C1)c1cccs1. The van der Waals surface area contributed by atoms with E-state index in [9.17, 15) is 13.6 Å². The number of carbonyl (C=O) groups is 1. The zero-order valence-corrected chi connectivity index (χ0v) is 17.2. The van der Waals surface area contributed by atoms with Crippen LogP contribution in [0.5, 0.6) is 0 Å². The Hall–Kier alpha value is -2.64. The van der Waals surface area contributed by atoms with Crippen LogP contribution in [0.4, 0.5) is 8.78 Å². The third-order valence-electron chi connectivity index (χ3n) is 5.48. The minimum Gasteiger partial charge on any atom is -0.343 e. The predicted octanol–water partition coefficient (Wildman–Crippen LogP) is 4.80. The van der Waals surface area contributed by atoms with Crippen molar-refractivity contribution in [3.8, 4) is 0 Å². The number of aromatic nitrogens is 1. The molecule has 0 spiro atoms. The van der Waals surface area contributed by atoms with E-state index >= 15 is 0 Å². The van der Waals surface area contributed by atoms with E-state index in [2.05, 4.69) is 15.2 Å². The summed E-state index contributed by atoms with van der Waals surface area (Å²) < 4.78 is 27.7. The summed E-state index contributed by atoms with van der Waals surface area (Å²) in [6.07, 6.45) is 3.57. The smallest absolute Gasteiger partial charge is 0.261 e. The Kier molecular flexibility index (Phi) is 6.50. The van der Waals surface area contributed by atoms with Crippen LogP contribution < -0.4 is 5.32 Å². The van der Waals surface area contributed by atoms with Gasteiger partial charge < -0.3 is 5.32 Å². The van der Waals surface area contributed by atoms with E-state index in [1.165, 1.54) is 17.4 Å². The van der Waals surface area contributed by atoms with E-state index < -0.39 is 11.6 Å². The monoisotopic (exact) mass is 427 g/mol. The lowest BCUT2D eigenvalue weighted by Crippen LogP contribution is -2.43. The fraction of sp³-hybridized carbons (Fsp3) is 0.304. The normalized spacial score (nSPS) is 18.1. The van der Waals surface area contributed by atoms with Gasteiger partial charge in [-0.1, -0.05) is 24.3 Å².